The Morgan fingerprint density at radius 2 is 2.05 bits per heavy atom. The molecule has 0 fully saturated rings. The van der Waals surface area contributed by atoms with Gasteiger partial charge >= 0.3 is 5.97 Å². The molecule has 0 amide bonds. The third-order valence-electron chi connectivity index (χ3n) is 2.52. The van der Waals surface area contributed by atoms with Gasteiger partial charge in [-0.15, -0.1) is 0 Å². The van der Waals surface area contributed by atoms with Crippen molar-refractivity contribution in [2.24, 2.45) is 0 Å². The number of rotatable bonds is 6. The zero-order valence-corrected chi connectivity index (χ0v) is 13.3. The first kappa shape index (κ1) is 19.4. The molecular formula is C19H23NO2. The number of carbonyl (C=O) groups is 1. The molecule has 116 valence electrons. The van der Waals surface area contributed by atoms with Crippen LogP contribution in [0.3, 0.4) is 0 Å². The highest BCUT2D eigenvalue weighted by molar-refractivity contribution is 5.81. The predicted octanol–water partition coefficient (Wildman–Crippen LogP) is 4.69. The number of nitrogens with zero attached hydrogens (tertiary/aromatic N) is 1. The van der Waals surface area contributed by atoms with Crippen molar-refractivity contribution in [3.05, 3.63) is 66.3 Å². The summed E-state index contributed by atoms with van der Waals surface area (Å²) in [6.07, 6.45) is 8.81. The van der Waals surface area contributed by atoms with Gasteiger partial charge in [0.25, 0.3) is 0 Å². The SMILES string of the molecule is C=CC(=O)OCCCC.CC(C#N)=CC=Cc1ccccc1. The van der Waals surface area contributed by atoms with Crippen LogP contribution in [-0.4, -0.2) is 12.6 Å². The van der Waals surface area contributed by atoms with Crippen LogP contribution in [0.15, 0.2) is 60.7 Å². The number of allylic oxidation sites excluding steroid dienone is 3. The van der Waals surface area contributed by atoms with E-state index in [-0.39, 0.29) is 5.97 Å². The minimum absolute atomic E-state index is 0.330. The molecule has 1 aromatic rings. The molecule has 0 saturated carbocycles. The number of hydrogen-bond donors (Lipinski definition) is 0. The number of unbranched alkanes of at least 4 members (excludes halogenated alkanes) is 1. The zero-order chi connectivity index (χ0) is 16.6. The zero-order valence-electron chi connectivity index (χ0n) is 13.3. The molecule has 0 radical (unpaired) electrons. The lowest BCUT2D eigenvalue weighted by Gasteiger charge is -1.97. The molecule has 0 saturated heterocycles. The Morgan fingerprint density at radius 3 is 2.59 bits per heavy atom. The van der Waals surface area contributed by atoms with E-state index in [4.69, 9.17) is 5.26 Å². The van der Waals surface area contributed by atoms with Gasteiger partial charge in [-0.25, -0.2) is 4.79 Å². The minimum atomic E-state index is -0.330. The van der Waals surface area contributed by atoms with Gasteiger partial charge in [0, 0.05) is 11.6 Å². The first-order chi connectivity index (χ1) is 10.6. The van der Waals surface area contributed by atoms with Crippen LogP contribution in [0.1, 0.15) is 32.3 Å². The Labute approximate surface area is 133 Å². The van der Waals surface area contributed by atoms with E-state index in [0.29, 0.717) is 12.2 Å². The molecule has 22 heavy (non-hydrogen) atoms. The molecule has 0 bridgehead atoms. The molecule has 3 nitrogen and oxygen atoms in total. The molecule has 0 spiro atoms. The summed E-state index contributed by atoms with van der Waals surface area (Å²) in [5.74, 6) is -0.330. The molecule has 0 aliphatic heterocycles. The highest BCUT2D eigenvalue weighted by Gasteiger charge is 1.91. The summed E-state index contributed by atoms with van der Waals surface area (Å²) >= 11 is 0. The summed E-state index contributed by atoms with van der Waals surface area (Å²) in [5.41, 5.74) is 1.86. The molecule has 0 N–H and O–H groups in total. The maximum atomic E-state index is 10.3. The van der Waals surface area contributed by atoms with Crippen LogP contribution in [0.2, 0.25) is 0 Å². The van der Waals surface area contributed by atoms with Crippen molar-refractivity contribution >= 4 is 12.0 Å². The van der Waals surface area contributed by atoms with Crippen molar-refractivity contribution < 1.29 is 9.53 Å². The minimum Gasteiger partial charge on any atom is -0.463 e. The van der Waals surface area contributed by atoms with Gasteiger partial charge in [-0.3, -0.25) is 0 Å². The average molecular weight is 297 g/mol. The van der Waals surface area contributed by atoms with E-state index in [2.05, 4.69) is 17.4 Å². The fourth-order valence-corrected chi connectivity index (χ4v) is 1.28. The summed E-state index contributed by atoms with van der Waals surface area (Å²) in [4.78, 5) is 10.3. The molecule has 0 aromatic heterocycles. The van der Waals surface area contributed by atoms with E-state index in [9.17, 15) is 4.79 Å². The maximum Gasteiger partial charge on any atom is 0.330 e. The Bertz CT molecular complexity index is 536. The fourth-order valence-electron chi connectivity index (χ4n) is 1.28. The highest BCUT2D eigenvalue weighted by Crippen LogP contribution is 2.01. The first-order valence-corrected chi connectivity index (χ1v) is 7.23. The molecule has 1 aromatic carbocycles. The van der Waals surface area contributed by atoms with Crippen molar-refractivity contribution in [3.63, 3.8) is 0 Å². The molecule has 1 rings (SSSR count). The first-order valence-electron chi connectivity index (χ1n) is 7.23. The maximum absolute atomic E-state index is 10.3. The standard InChI is InChI=1S/C12H11N.C7H12O2/c1-11(10-13)6-5-9-12-7-3-2-4-8-12;1-3-5-6-9-7(8)4-2/h2-9H,1H3;4H,2-3,5-6H2,1H3. The lowest BCUT2D eigenvalue weighted by atomic mass is 10.2. The molecule has 0 heterocycles. The Balaban J connectivity index is 0.000000433. The smallest absolute Gasteiger partial charge is 0.330 e. The van der Waals surface area contributed by atoms with Gasteiger partial charge in [0.15, 0.2) is 0 Å². The number of carbonyl (C=O) groups excluding carboxylic acids is 1. The third-order valence-corrected chi connectivity index (χ3v) is 2.52. The van der Waals surface area contributed by atoms with Crippen molar-refractivity contribution in [2.75, 3.05) is 6.61 Å². The van der Waals surface area contributed by atoms with Crippen molar-refractivity contribution in [3.8, 4) is 6.07 Å². The second kappa shape index (κ2) is 13.4. The van der Waals surface area contributed by atoms with E-state index in [0.717, 1.165) is 18.4 Å². The highest BCUT2D eigenvalue weighted by atomic mass is 16.5. The van der Waals surface area contributed by atoms with Gasteiger partial charge in [0.2, 0.25) is 0 Å². The number of ether oxygens (including phenoxy) is 1. The van der Waals surface area contributed by atoms with Crippen molar-refractivity contribution in [1.29, 1.82) is 5.26 Å². The van der Waals surface area contributed by atoms with Gasteiger partial charge in [0.1, 0.15) is 0 Å². The molecular weight excluding hydrogens is 274 g/mol. The quantitative estimate of drug-likeness (QED) is 0.252. The van der Waals surface area contributed by atoms with Crippen molar-refractivity contribution in [2.45, 2.75) is 26.7 Å². The van der Waals surface area contributed by atoms with Gasteiger partial charge < -0.3 is 4.74 Å². The van der Waals surface area contributed by atoms with Gasteiger partial charge in [-0.05, 0) is 25.0 Å². The van der Waals surface area contributed by atoms with Crippen LogP contribution in [0.4, 0.5) is 0 Å². The second-order valence-electron chi connectivity index (χ2n) is 4.46. The summed E-state index contributed by atoms with van der Waals surface area (Å²) in [5, 5.41) is 8.48. The number of esters is 1. The Hall–Kier alpha value is -2.60. The van der Waals surface area contributed by atoms with Gasteiger partial charge in [-0.1, -0.05) is 62.4 Å². The molecule has 0 unspecified atom stereocenters. The predicted molar refractivity (Wildman–Crippen MR) is 90.9 cm³/mol. The molecule has 3 heteroatoms. The second-order valence-corrected chi connectivity index (χ2v) is 4.46. The van der Waals surface area contributed by atoms with E-state index < -0.39 is 0 Å². The molecule has 0 aliphatic carbocycles. The average Bonchev–Trinajstić information content (AvgIpc) is 2.56. The van der Waals surface area contributed by atoms with Gasteiger partial charge in [-0.2, -0.15) is 5.26 Å². The van der Waals surface area contributed by atoms with E-state index >= 15 is 0 Å². The van der Waals surface area contributed by atoms with Crippen LogP contribution in [0.5, 0.6) is 0 Å². The number of hydrogen-bond acceptors (Lipinski definition) is 3. The lowest BCUT2D eigenvalue weighted by molar-refractivity contribution is -0.137. The van der Waals surface area contributed by atoms with Crippen LogP contribution in [0, 0.1) is 11.3 Å². The van der Waals surface area contributed by atoms with Crippen LogP contribution in [-0.2, 0) is 9.53 Å². The van der Waals surface area contributed by atoms with Crippen molar-refractivity contribution in [1.82, 2.24) is 0 Å². The third kappa shape index (κ3) is 11.2. The Kier molecular flexibility index (Phi) is 11.8. The summed E-state index contributed by atoms with van der Waals surface area (Å²) in [6.45, 7) is 7.61. The lowest BCUT2D eigenvalue weighted by Crippen LogP contribution is -2.00. The van der Waals surface area contributed by atoms with Crippen LogP contribution < -0.4 is 0 Å². The summed E-state index contributed by atoms with van der Waals surface area (Å²) < 4.78 is 4.67. The molecule has 0 aliphatic rings. The van der Waals surface area contributed by atoms with E-state index in [1.165, 1.54) is 6.08 Å². The molecule has 0 atom stereocenters. The fraction of sp³-hybridized carbons (Fsp3) is 0.263. The number of benzene rings is 1. The number of nitriles is 1. The largest absolute Gasteiger partial charge is 0.463 e. The van der Waals surface area contributed by atoms with Crippen LogP contribution in [0.25, 0.3) is 6.08 Å². The normalized spacial score (nSPS) is 10.3. The topological polar surface area (TPSA) is 50.1 Å². The summed E-state index contributed by atoms with van der Waals surface area (Å²) in [7, 11) is 0. The summed E-state index contributed by atoms with van der Waals surface area (Å²) in [6, 6.07) is 12.1. The monoisotopic (exact) mass is 297 g/mol. The van der Waals surface area contributed by atoms with E-state index in [1.54, 1.807) is 13.0 Å². The van der Waals surface area contributed by atoms with Gasteiger partial charge in [0.05, 0.1) is 12.7 Å². The Morgan fingerprint density at radius 1 is 1.36 bits per heavy atom. The van der Waals surface area contributed by atoms with Crippen LogP contribution >= 0.6 is 0 Å². The van der Waals surface area contributed by atoms with E-state index in [1.807, 2.05) is 49.4 Å².